The number of likely N-dealkylation sites (tertiary alicyclic amines) is 1. The molecule has 0 saturated carbocycles. The fraction of sp³-hybridized carbons (Fsp3) is 0.391. The molecule has 1 fully saturated rings. The molecular weight excluding hydrogens is 400 g/mol. The molecule has 1 aliphatic rings. The summed E-state index contributed by atoms with van der Waals surface area (Å²) in [4.78, 5) is 17.1. The molecule has 4 rings (SSSR count). The number of piperidine rings is 1. The molecule has 31 heavy (non-hydrogen) atoms. The number of carbonyl (C=O) groups is 1. The van der Waals surface area contributed by atoms with Gasteiger partial charge < -0.3 is 15.1 Å². The molecule has 0 radical (unpaired) electrons. The summed E-state index contributed by atoms with van der Waals surface area (Å²) in [5, 5.41) is 8.27. The first-order chi connectivity index (χ1) is 14.9. The van der Waals surface area contributed by atoms with Crippen molar-refractivity contribution in [2.24, 2.45) is 7.05 Å². The van der Waals surface area contributed by atoms with Crippen molar-refractivity contribution in [3.05, 3.63) is 65.4 Å². The fourth-order valence-electron chi connectivity index (χ4n) is 4.09. The van der Waals surface area contributed by atoms with E-state index in [9.17, 15) is 13.6 Å². The predicted molar refractivity (Wildman–Crippen MR) is 115 cm³/mol. The zero-order chi connectivity index (χ0) is 22.0. The summed E-state index contributed by atoms with van der Waals surface area (Å²) >= 11 is 0. The molecule has 1 aromatic heterocycles. The fourth-order valence-corrected chi connectivity index (χ4v) is 4.09. The Kier molecular flexibility index (Phi) is 6.18. The molecule has 2 aromatic carbocycles. The average molecular weight is 427 g/mol. The third-order valence-electron chi connectivity index (χ3n) is 6.00. The largest absolute Gasteiger partial charge is 0.334 e. The van der Waals surface area contributed by atoms with Crippen LogP contribution in [0.5, 0.6) is 0 Å². The number of benzene rings is 2. The number of urea groups is 1. The van der Waals surface area contributed by atoms with Crippen LogP contribution in [0.1, 0.15) is 24.0 Å². The number of halogens is 2. The quantitative estimate of drug-likeness (QED) is 0.676. The van der Waals surface area contributed by atoms with E-state index in [0.717, 1.165) is 48.5 Å². The molecule has 0 atom stereocenters. The zero-order valence-electron chi connectivity index (χ0n) is 17.8. The summed E-state index contributed by atoms with van der Waals surface area (Å²) in [7, 11) is 3.93. The van der Waals surface area contributed by atoms with Gasteiger partial charge >= 0.3 is 6.03 Å². The first-order valence-electron chi connectivity index (χ1n) is 10.5. The highest BCUT2D eigenvalue weighted by Gasteiger charge is 2.27. The van der Waals surface area contributed by atoms with Crippen LogP contribution in [0.25, 0.3) is 10.9 Å². The minimum atomic E-state index is -0.632. The second kappa shape index (κ2) is 9.01. The number of aromatic nitrogens is 2. The number of nitrogens with one attached hydrogen (secondary N) is 1. The number of fused-ring (bicyclic) bond motifs is 1. The Morgan fingerprint density at radius 1 is 1.16 bits per heavy atom. The third-order valence-corrected chi connectivity index (χ3v) is 6.00. The first kappa shape index (κ1) is 21.2. The van der Waals surface area contributed by atoms with Crippen LogP contribution < -0.4 is 5.32 Å². The van der Waals surface area contributed by atoms with Crippen molar-refractivity contribution in [2.75, 3.05) is 20.1 Å². The molecule has 2 amide bonds. The van der Waals surface area contributed by atoms with Crippen molar-refractivity contribution in [1.29, 1.82) is 0 Å². The van der Waals surface area contributed by atoms with E-state index in [1.807, 2.05) is 25.2 Å². The van der Waals surface area contributed by atoms with Gasteiger partial charge in [-0.05, 0) is 50.7 Å². The lowest BCUT2D eigenvalue weighted by Crippen LogP contribution is -2.49. The van der Waals surface area contributed by atoms with Gasteiger partial charge in [0.25, 0.3) is 0 Å². The smallest absolute Gasteiger partial charge is 0.318 e. The molecule has 8 heteroatoms. The lowest BCUT2D eigenvalue weighted by atomic mass is 10.0. The second-order valence-electron chi connectivity index (χ2n) is 8.22. The van der Waals surface area contributed by atoms with Crippen molar-refractivity contribution in [3.63, 3.8) is 0 Å². The van der Waals surface area contributed by atoms with Crippen LogP contribution >= 0.6 is 0 Å². The Labute approximate surface area is 180 Å². The van der Waals surface area contributed by atoms with Crippen molar-refractivity contribution in [1.82, 2.24) is 24.9 Å². The van der Waals surface area contributed by atoms with Gasteiger partial charge in [-0.15, -0.1) is 0 Å². The van der Waals surface area contributed by atoms with E-state index >= 15 is 0 Å². The maximum Gasteiger partial charge on any atom is 0.318 e. The molecular formula is C23H27F2N5O. The molecule has 2 heterocycles. The van der Waals surface area contributed by atoms with E-state index in [1.165, 1.54) is 12.1 Å². The molecule has 1 N–H and O–H groups in total. The van der Waals surface area contributed by atoms with Crippen molar-refractivity contribution < 1.29 is 13.6 Å². The number of aryl methyl sites for hydroxylation is 1. The third kappa shape index (κ3) is 4.85. The highest BCUT2D eigenvalue weighted by Crippen LogP contribution is 2.21. The standard InChI is InChI=1S/C23H27F2N5O/c1-28-9-7-20(8-10-28)30(15-18-5-6-19(24)12-21(18)25)23(31)26-13-16-3-4-17-14-27-29(2)22(17)11-16/h3-6,11-12,14,20H,7-10,13,15H2,1-2H3,(H,26,31). The van der Waals surface area contributed by atoms with Crippen LogP contribution in [0.3, 0.4) is 0 Å². The highest BCUT2D eigenvalue weighted by atomic mass is 19.1. The molecule has 3 aromatic rings. The highest BCUT2D eigenvalue weighted by molar-refractivity contribution is 5.79. The van der Waals surface area contributed by atoms with E-state index in [2.05, 4.69) is 22.4 Å². The van der Waals surface area contributed by atoms with Gasteiger partial charge in [-0.3, -0.25) is 4.68 Å². The summed E-state index contributed by atoms with van der Waals surface area (Å²) < 4.78 is 29.4. The van der Waals surface area contributed by atoms with Crippen LogP contribution in [0, 0.1) is 11.6 Å². The van der Waals surface area contributed by atoms with Crippen molar-refractivity contribution >= 4 is 16.9 Å². The topological polar surface area (TPSA) is 53.4 Å². The van der Waals surface area contributed by atoms with E-state index in [-0.39, 0.29) is 18.6 Å². The predicted octanol–water partition coefficient (Wildman–Crippen LogP) is 3.66. The van der Waals surface area contributed by atoms with Gasteiger partial charge in [0.15, 0.2) is 0 Å². The summed E-state index contributed by atoms with van der Waals surface area (Å²) in [5.74, 6) is -1.26. The van der Waals surface area contributed by atoms with E-state index in [0.29, 0.717) is 12.1 Å². The lowest BCUT2D eigenvalue weighted by molar-refractivity contribution is 0.126. The number of rotatable bonds is 5. The molecule has 1 aliphatic heterocycles. The van der Waals surface area contributed by atoms with Gasteiger partial charge in [-0.25, -0.2) is 13.6 Å². The van der Waals surface area contributed by atoms with Gasteiger partial charge in [0.2, 0.25) is 0 Å². The number of hydrogen-bond acceptors (Lipinski definition) is 3. The monoisotopic (exact) mass is 427 g/mol. The molecule has 0 aliphatic carbocycles. The molecule has 164 valence electrons. The normalized spacial score (nSPS) is 15.4. The molecule has 1 saturated heterocycles. The Morgan fingerprint density at radius 2 is 1.94 bits per heavy atom. The number of hydrogen-bond donors (Lipinski definition) is 1. The van der Waals surface area contributed by atoms with E-state index in [1.54, 1.807) is 15.8 Å². The average Bonchev–Trinajstić information content (AvgIpc) is 3.12. The Morgan fingerprint density at radius 3 is 2.68 bits per heavy atom. The van der Waals surface area contributed by atoms with Crippen LogP contribution in [0.4, 0.5) is 13.6 Å². The number of nitrogens with zero attached hydrogens (tertiary/aromatic N) is 4. The minimum absolute atomic E-state index is 0.000192. The van der Waals surface area contributed by atoms with E-state index in [4.69, 9.17) is 0 Å². The van der Waals surface area contributed by atoms with Gasteiger partial charge in [0.05, 0.1) is 18.3 Å². The molecule has 0 unspecified atom stereocenters. The summed E-state index contributed by atoms with van der Waals surface area (Å²) in [6, 6.07) is 9.20. The van der Waals surface area contributed by atoms with Gasteiger partial charge in [-0.2, -0.15) is 5.10 Å². The van der Waals surface area contributed by atoms with Gasteiger partial charge in [0.1, 0.15) is 11.6 Å². The SMILES string of the molecule is CN1CCC(N(Cc2ccc(F)cc2F)C(=O)NCc2ccc3cnn(C)c3c2)CC1. The van der Waals surface area contributed by atoms with Crippen LogP contribution in [-0.2, 0) is 20.1 Å². The molecule has 0 bridgehead atoms. The van der Waals surface area contributed by atoms with Gasteiger partial charge in [-0.1, -0.05) is 18.2 Å². The summed E-state index contributed by atoms with van der Waals surface area (Å²) in [6.07, 6.45) is 3.43. The van der Waals surface area contributed by atoms with Crippen LogP contribution in [-0.4, -0.2) is 51.8 Å². The van der Waals surface area contributed by atoms with E-state index < -0.39 is 11.6 Å². The zero-order valence-corrected chi connectivity index (χ0v) is 17.8. The second-order valence-corrected chi connectivity index (χ2v) is 8.22. The summed E-state index contributed by atoms with van der Waals surface area (Å²) in [5.41, 5.74) is 2.26. The van der Waals surface area contributed by atoms with Crippen LogP contribution in [0.2, 0.25) is 0 Å². The minimum Gasteiger partial charge on any atom is -0.334 e. The maximum atomic E-state index is 14.3. The molecule has 0 spiro atoms. The van der Waals surface area contributed by atoms with Crippen LogP contribution in [0.15, 0.2) is 42.6 Å². The van der Waals surface area contributed by atoms with Crippen molar-refractivity contribution in [2.45, 2.75) is 32.0 Å². The first-order valence-corrected chi connectivity index (χ1v) is 10.5. The van der Waals surface area contributed by atoms with Crippen molar-refractivity contribution in [3.8, 4) is 0 Å². The van der Waals surface area contributed by atoms with Gasteiger partial charge in [0, 0.05) is 36.7 Å². The lowest BCUT2D eigenvalue weighted by Gasteiger charge is -2.37. The summed E-state index contributed by atoms with van der Waals surface area (Å²) in [6.45, 7) is 2.21. The Bertz CT molecular complexity index is 1080. The maximum absolute atomic E-state index is 14.3. The molecule has 6 nitrogen and oxygen atoms in total. The Balaban J connectivity index is 1.50. The Hall–Kier alpha value is -3.00. The number of carbonyl (C=O) groups excluding carboxylic acids is 1. The number of amides is 2.